The first-order chi connectivity index (χ1) is 5.81. The lowest BCUT2D eigenvalue weighted by molar-refractivity contribution is 0.961. The van der Waals surface area contributed by atoms with E-state index < -0.39 is 0 Å². The number of rotatable bonds is 1. The summed E-state index contributed by atoms with van der Waals surface area (Å²) in [6.07, 6.45) is 3.44. The van der Waals surface area contributed by atoms with Crippen molar-refractivity contribution in [2.75, 3.05) is 5.73 Å². The van der Waals surface area contributed by atoms with Crippen LogP contribution in [0.5, 0.6) is 0 Å². The Labute approximate surface area is 69.0 Å². The van der Waals surface area contributed by atoms with Crippen molar-refractivity contribution in [2.45, 2.75) is 6.54 Å². The molecule has 0 radical (unpaired) electrons. The summed E-state index contributed by atoms with van der Waals surface area (Å²) in [5.74, 6) is 0.422. The molecular weight excluding hydrogens is 154 g/mol. The number of nitrogens with zero attached hydrogens (tertiary/aromatic N) is 3. The molecule has 2 aromatic rings. The average Bonchev–Trinajstić information content (AvgIpc) is 2.52. The molecule has 2 heterocycles. The van der Waals surface area contributed by atoms with Gasteiger partial charge in [0.2, 0.25) is 5.95 Å². The molecule has 0 amide bonds. The number of imidazole rings is 1. The zero-order valence-corrected chi connectivity index (χ0v) is 6.44. The van der Waals surface area contributed by atoms with Gasteiger partial charge in [0.1, 0.15) is 5.65 Å². The van der Waals surface area contributed by atoms with Gasteiger partial charge in [-0.1, -0.05) is 0 Å². The Balaban J connectivity index is 2.75. The predicted octanol–water partition coefficient (Wildman–Crippen LogP) is -0.230. The zero-order chi connectivity index (χ0) is 8.55. The second kappa shape index (κ2) is 2.46. The normalized spacial score (nSPS) is 10.8. The van der Waals surface area contributed by atoms with Crippen LogP contribution in [0.2, 0.25) is 0 Å². The first-order valence-electron chi connectivity index (χ1n) is 3.60. The summed E-state index contributed by atoms with van der Waals surface area (Å²) < 4.78 is 1.71. The quantitative estimate of drug-likeness (QED) is 0.608. The standard InChI is InChI=1S/C7H9N5/c8-4-5-3-6-10-1-2-12(6)7(9)11-5/h1-3H,4,8H2,(H2,9,11). The van der Waals surface area contributed by atoms with Crippen molar-refractivity contribution in [3.8, 4) is 0 Å². The molecule has 0 bridgehead atoms. The van der Waals surface area contributed by atoms with Gasteiger partial charge < -0.3 is 11.5 Å². The van der Waals surface area contributed by atoms with E-state index in [1.165, 1.54) is 0 Å². The smallest absolute Gasteiger partial charge is 0.206 e. The SMILES string of the molecule is NCc1cc2nccn2c(N)n1. The van der Waals surface area contributed by atoms with Crippen LogP contribution in [0.3, 0.4) is 0 Å². The Hall–Kier alpha value is -1.62. The van der Waals surface area contributed by atoms with Gasteiger partial charge in [-0.2, -0.15) is 0 Å². The minimum atomic E-state index is 0.383. The Morgan fingerprint density at radius 3 is 3.08 bits per heavy atom. The Kier molecular flexibility index (Phi) is 1.44. The lowest BCUT2D eigenvalue weighted by Gasteiger charge is -2.00. The molecule has 0 aliphatic rings. The van der Waals surface area contributed by atoms with Crippen molar-refractivity contribution in [1.29, 1.82) is 0 Å². The molecule has 0 spiro atoms. The highest BCUT2D eigenvalue weighted by atomic mass is 15.1. The monoisotopic (exact) mass is 163 g/mol. The summed E-state index contributed by atoms with van der Waals surface area (Å²) in [4.78, 5) is 8.14. The molecule has 0 aliphatic heterocycles. The number of anilines is 1. The van der Waals surface area contributed by atoms with Crippen LogP contribution >= 0.6 is 0 Å². The molecule has 0 saturated carbocycles. The molecule has 62 valence electrons. The van der Waals surface area contributed by atoms with Crippen molar-refractivity contribution in [2.24, 2.45) is 5.73 Å². The van der Waals surface area contributed by atoms with E-state index in [-0.39, 0.29) is 0 Å². The van der Waals surface area contributed by atoms with Gasteiger partial charge in [0.15, 0.2) is 0 Å². The molecular formula is C7H9N5. The van der Waals surface area contributed by atoms with Crippen LogP contribution in [-0.4, -0.2) is 14.4 Å². The maximum absolute atomic E-state index is 5.63. The van der Waals surface area contributed by atoms with Crippen molar-refractivity contribution < 1.29 is 0 Å². The van der Waals surface area contributed by atoms with Crippen molar-refractivity contribution >= 4 is 11.6 Å². The van der Waals surface area contributed by atoms with Crippen molar-refractivity contribution in [3.05, 3.63) is 24.2 Å². The number of fused-ring (bicyclic) bond motifs is 1. The van der Waals surface area contributed by atoms with Gasteiger partial charge in [-0.3, -0.25) is 4.40 Å². The molecule has 0 aliphatic carbocycles. The van der Waals surface area contributed by atoms with E-state index in [2.05, 4.69) is 9.97 Å². The van der Waals surface area contributed by atoms with Crippen LogP contribution < -0.4 is 11.5 Å². The molecule has 2 rings (SSSR count). The average molecular weight is 163 g/mol. The lowest BCUT2D eigenvalue weighted by atomic mass is 10.4. The van der Waals surface area contributed by atoms with Gasteiger partial charge in [-0.25, -0.2) is 9.97 Å². The van der Waals surface area contributed by atoms with Gasteiger partial charge in [-0.05, 0) is 0 Å². The van der Waals surface area contributed by atoms with E-state index >= 15 is 0 Å². The summed E-state index contributed by atoms with van der Waals surface area (Å²) in [6.45, 7) is 0.383. The predicted molar refractivity (Wildman–Crippen MR) is 45.3 cm³/mol. The number of hydrogen-bond acceptors (Lipinski definition) is 4. The van der Waals surface area contributed by atoms with Crippen LogP contribution in [0.15, 0.2) is 18.5 Å². The van der Waals surface area contributed by atoms with Crippen LogP contribution in [-0.2, 0) is 6.54 Å². The molecule has 5 heteroatoms. The van der Waals surface area contributed by atoms with Gasteiger partial charge in [0, 0.05) is 25.0 Å². The lowest BCUT2D eigenvalue weighted by Crippen LogP contribution is -2.06. The summed E-state index contributed by atoms with van der Waals surface area (Å²) in [5, 5.41) is 0. The third-order valence-electron chi connectivity index (χ3n) is 1.68. The Morgan fingerprint density at radius 2 is 2.33 bits per heavy atom. The van der Waals surface area contributed by atoms with E-state index in [4.69, 9.17) is 11.5 Å². The number of nitrogens with two attached hydrogens (primary N) is 2. The minimum Gasteiger partial charge on any atom is -0.369 e. The summed E-state index contributed by atoms with van der Waals surface area (Å²) in [5.41, 5.74) is 12.6. The third-order valence-corrected chi connectivity index (χ3v) is 1.68. The highest BCUT2D eigenvalue weighted by molar-refractivity contribution is 5.45. The van der Waals surface area contributed by atoms with Crippen LogP contribution in [0.4, 0.5) is 5.95 Å². The summed E-state index contributed by atoms with van der Waals surface area (Å²) in [7, 11) is 0. The Bertz CT molecular complexity index is 405. The highest BCUT2D eigenvalue weighted by Crippen LogP contribution is 2.06. The minimum absolute atomic E-state index is 0.383. The van der Waals surface area contributed by atoms with E-state index in [0.717, 1.165) is 11.3 Å². The van der Waals surface area contributed by atoms with Gasteiger partial charge >= 0.3 is 0 Å². The number of nitrogen functional groups attached to an aromatic ring is 1. The zero-order valence-electron chi connectivity index (χ0n) is 6.44. The maximum atomic E-state index is 5.63. The van der Waals surface area contributed by atoms with Crippen LogP contribution in [0.1, 0.15) is 5.69 Å². The van der Waals surface area contributed by atoms with Crippen molar-refractivity contribution in [3.63, 3.8) is 0 Å². The molecule has 2 aromatic heterocycles. The number of hydrogen-bond donors (Lipinski definition) is 2. The van der Waals surface area contributed by atoms with E-state index in [9.17, 15) is 0 Å². The summed E-state index contributed by atoms with van der Waals surface area (Å²) >= 11 is 0. The first-order valence-corrected chi connectivity index (χ1v) is 3.60. The van der Waals surface area contributed by atoms with Gasteiger partial charge in [-0.15, -0.1) is 0 Å². The molecule has 4 N–H and O–H groups in total. The summed E-state index contributed by atoms with van der Waals surface area (Å²) in [6, 6.07) is 1.82. The van der Waals surface area contributed by atoms with E-state index in [1.807, 2.05) is 6.07 Å². The molecule has 12 heavy (non-hydrogen) atoms. The van der Waals surface area contributed by atoms with Gasteiger partial charge in [0.25, 0.3) is 0 Å². The van der Waals surface area contributed by atoms with E-state index in [0.29, 0.717) is 12.5 Å². The van der Waals surface area contributed by atoms with E-state index in [1.54, 1.807) is 16.8 Å². The fourth-order valence-electron chi connectivity index (χ4n) is 1.10. The fourth-order valence-corrected chi connectivity index (χ4v) is 1.10. The molecule has 0 unspecified atom stereocenters. The number of aromatic nitrogens is 3. The molecule has 0 saturated heterocycles. The first kappa shape index (κ1) is 7.05. The molecule has 0 aromatic carbocycles. The maximum Gasteiger partial charge on any atom is 0.206 e. The molecule has 5 nitrogen and oxygen atoms in total. The fraction of sp³-hybridized carbons (Fsp3) is 0.143. The van der Waals surface area contributed by atoms with Gasteiger partial charge in [0.05, 0.1) is 5.69 Å². The Morgan fingerprint density at radius 1 is 1.50 bits per heavy atom. The highest BCUT2D eigenvalue weighted by Gasteiger charge is 2.00. The second-order valence-corrected chi connectivity index (χ2v) is 2.47. The molecule has 0 atom stereocenters. The topological polar surface area (TPSA) is 82.2 Å². The largest absolute Gasteiger partial charge is 0.369 e. The third kappa shape index (κ3) is 0.911. The second-order valence-electron chi connectivity index (χ2n) is 2.47. The van der Waals surface area contributed by atoms with Crippen molar-refractivity contribution in [1.82, 2.24) is 14.4 Å². The van der Waals surface area contributed by atoms with Crippen LogP contribution in [0, 0.1) is 0 Å². The molecule has 0 fully saturated rings. The van der Waals surface area contributed by atoms with Crippen LogP contribution in [0.25, 0.3) is 5.65 Å².